The van der Waals surface area contributed by atoms with E-state index in [1.807, 2.05) is 26.0 Å². The van der Waals surface area contributed by atoms with Gasteiger partial charge in [-0.1, -0.05) is 29.3 Å². The number of nitrogen functional groups attached to an aromatic ring is 1. The fourth-order valence-corrected chi connectivity index (χ4v) is 4.95. The van der Waals surface area contributed by atoms with Gasteiger partial charge in [0.05, 0.1) is 22.1 Å². The van der Waals surface area contributed by atoms with Gasteiger partial charge in [0.25, 0.3) is 5.56 Å². The van der Waals surface area contributed by atoms with Crippen LogP contribution in [0.25, 0.3) is 16.9 Å². The van der Waals surface area contributed by atoms with Crippen LogP contribution in [-0.4, -0.2) is 14.5 Å². The van der Waals surface area contributed by atoms with Crippen molar-refractivity contribution in [3.05, 3.63) is 104 Å². The third-order valence-electron chi connectivity index (χ3n) is 6.33. The first kappa shape index (κ1) is 22.6. The summed E-state index contributed by atoms with van der Waals surface area (Å²) >= 11 is 12.7. The lowest BCUT2D eigenvalue weighted by Gasteiger charge is -2.17. The summed E-state index contributed by atoms with van der Waals surface area (Å²) in [5, 5.41) is 0.766. The molecule has 34 heavy (non-hydrogen) atoms. The van der Waals surface area contributed by atoms with E-state index in [0.717, 1.165) is 28.8 Å². The van der Waals surface area contributed by atoms with Crippen LogP contribution in [0.4, 0.5) is 10.1 Å². The lowest BCUT2D eigenvalue weighted by atomic mass is 10.0. The first-order valence-corrected chi connectivity index (χ1v) is 11.6. The molecule has 2 atom stereocenters. The number of hydrogen-bond acceptors (Lipinski definition) is 4. The lowest BCUT2D eigenvalue weighted by molar-refractivity contribution is 0.635. The number of pyridine rings is 3. The second kappa shape index (κ2) is 8.53. The number of rotatable bonds is 4. The summed E-state index contributed by atoms with van der Waals surface area (Å²) in [7, 11) is 0. The number of halogens is 3. The monoisotopic (exact) mass is 494 g/mol. The average Bonchev–Trinajstić information content (AvgIpc) is 3.60. The van der Waals surface area contributed by atoms with Crippen LogP contribution < -0.4 is 11.3 Å². The molecule has 5 nitrogen and oxygen atoms in total. The molecule has 3 heterocycles. The van der Waals surface area contributed by atoms with Gasteiger partial charge in [-0.25, -0.2) is 4.39 Å². The number of hydrogen-bond donors (Lipinski definition) is 1. The number of benzene rings is 1. The molecule has 0 bridgehead atoms. The maximum atomic E-state index is 14.6. The molecule has 1 aromatic carbocycles. The molecular formula is C26H21Cl2FN4O. The van der Waals surface area contributed by atoms with Gasteiger partial charge in [-0.15, -0.1) is 0 Å². The van der Waals surface area contributed by atoms with Crippen LogP contribution >= 0.6 is 23.2 Å². The minimum atomic E-state index is -0.544. The highest BCUT2D eigenvalue weighted by Crippen LogP contribution is 2.56. The van der Waals surface area contributed by atoms with Crippen molar-refractivity contribution in [1.29, 1.82) is 0 Å². The third-order valence-corrected chi connectivity index (χ3v) is 6.91. The largest absolute Gasteiger partial charge is 0.396 e. The van der Waals surface area contributed by atoms with Crippen molar-refractivity contribution in [3.8, 4) is 16.9 Å². The molecule has 1 aliphatic rings. The number of nitrogens with zero attached hydrogens (tertiary/aromatic N) is 3. The highest BCUT2D eigenvalue weighted by molar-refractivity contribution is 6.31. The summed E-state index contributed by atoms with van der Waals surface area (Å²) in [4.78, 5) is 22.0. The second-order valence-electron chi connectivity index (χ2n) is 8.65. The van der Waals surface area contributed by atoms with Crippen LogP contribution in [-0.2, 0) is 0 Å². The van der Waals surface area contributed by atoms with Crippen LogP contribution in [0.1, 0.15) is 40.6 Å². The quantitative estimate of drug-likeness (QED) is 0.342. The van der Waals surface area contributed by atoms with E-state index in [4.69, 9.17) is 28.9 Å². The molecule has 0 saturated heterocycles. The predicted octanol–water partition coefficient (Wildman–Crippen LogP) is 6.21. The Balaban J connectivity index is 1.57. The van der Waals surface area contributed by atoms with Gasteiger partial charge in [-0.2, -0.15) is 0 Å². The van der Waals surface area contributed by atoms with Gasteiger partial charge in [-0.05, 0) is 79.1 Å². The molecule has 4 aromatic rings. The second-order valence-corrected chi connectivity index (χ2v) is 9.46. The molecule has 1 saturated carbocycles. The summed E-state index contributed by atoms with van der Waals surface area (Å²) < 4.78 is 16.2. The normalized spacial score (nSPS) is 17.1. The summed E-state index contributed by atoms with van der Waals surface area (Å²) in [6.07, 6.45) is 5.89. The standard InChI is InChI=1S/C26H21Cl2FN4O/c1-13-10-32-22(17-4-3-5-21(30)25(17)29)9-23(13)33-14(2)6-20(24(28)26(33)34)19-8-18(19)15-7-16(27)12-31-11-15/h3-7,9-12,18-19H,8,30H2,1-2H3/t18-,19+/m1/s1. The minimum absolute atomic E-state index is 0.0380. The number of aromatic nitrogens is 3. The molecule has 172 valence electrons. The first-order chi connectivity index (χ1) is 16.3. The van der Waals surface area contributed by atoms with Crippen molar-refractivity contribution in [2.75, 3.05) is 5.73 Å². The Hall–Kier alpha value is -3.22. The van der Waals surface area contributed by atoms with Crippen molar-refractivity contribution < 1.29 is 4.39 Å². The van der Waals surface area contributed by atoms with Crippen molar-refractivity contribution >= 4 is 28.9 Å². The van der Waals surface area contributed by atoms with Gasteiger partial charge in [0, 0.05) is 29.8 Å². The molecule has 0 amide bonds. The van der Waals surface area contributed by atoms with Crippen LogP contribution in [0.3, 0.4) is 0 Å². The van der Waals surface area contributed by atoms with E-state index in [0.29, 0.717) is 16.4 Å². The average molecular weight is 495 g/mol. The van der Waals surface area contributed by atoms with Crippen LogP contribution in [0.15, 0.2) is 59.8 Å². The highest BCUT2D eigenvalue weighted by Gasteiger charge is 2.41. The van der Waals surface area contributed by atoms with Gasteiger partial charge in [0.1, 0.15) is 5.02 Å². The van der Waals surface area contributed by atoms with Gasteiger partial charge < -0.3 is 5.73 Å². The Morgan fingerprint density at radius 1 is 1.09 bits per heavy atom. The minimum Gasteiger partial charge on any atom is -0.396 e. The Morgan fingerprint density at radius 3 is 2.65 bits per heavy atom. The molecule has 1 aliphatic carbocycles. The third kappa shape index (κ3) is 3.87. The number of aryl methyl sites for hydroxylation is 2. The van der Waals surface area contributed by atoms with Gasteiger partial charge in [0.2, 0.25) is 0 Å². The Kier molecular flexibility index (Phi) is 5.66. The lowest BCUT2D eigenvalue weighted by Crippen LogP contribution is -2.23. The van der Waals surface area contributed by atoms with Crippen LogP contribution in [0.5, 0.6) is 0 Å². The fourth-order valence-electron chi connectivity index (χ4n) is 4.49. The van der Waals surface area contributed by atoms with Crippen molar-refractivity contribution in [2.45, 2.75) is 32.1 Å². The summed E-state index contributed by atoms with van der Waals surface area (Å²) in [6, 6.07) is 10.3. The zero-order valence-electron chi connectivity index (χ0n) is 18.5. The molecule has 3 aromatic heterocycles. The SMILES string of the molecule is Cc1cnc(-c2cccc(N)c2F)cc1-n1c(C)cc([C@H]2C[C@@H]2c2cncc(Cl)c2)c(Cl)c1=O. The molecular weight excluding hydrogens is 474 g/mol. The van der Waals surface area contributed by atoms with E-state index in [9.17, 15) is 9.18 Å². The Labute approximate surface area is 206 Å². The molecule has 8 heteroatoms. The van der Waals surface area contributed by atoms with Crippen LogP contribution in [0, 0.1) is 19.7 Å². The summed E-state index contributed by atoms with van der Waals surface area (Å²) in [6.45, 7) is 3.71. The van der Waals surface area contributed by atoms with Gasteiger partial charge in [-0.3, -0.25) is 19.3 Å². The van der Waals surface area contributed by atoms with Gasteiger partial charge in [0.15, 0.2) is 5.82 Å². The van der Waals surface area contributed by atoms with E-state index in [1.54, 1.807) is 41.4 Å². The molecule has 0 unspecified atom stereocenters. The maximum Gasteiger partial charge on any atom is 0.274 e. The van der Waals surface area contributed by atoms with E-state index < -0.39 is 5.82 Å². The van der Waals surface area contributed by atoms with Crippen molar-refractivity contribution in [1.82, 2.24) is 14.5 Å². The van der Waals surface area contributed by atoms with Crippen molar-refractivity contribution in [2.24, 2.45) is 0 Å². The first-order valence-electron chi connectivity index (χ1n) is 10.8. The van der Waals surface area contributed by atoms with Gasteiger partial charge >= 0.3 is 0 Å². The topological polar surface area (TPSA) is 73.8 Å². The fraction of sp³-hybridized carbons (Fsp3) is 0.192. The predicted molar refractivity (Wildman–Crippen MR) is 133 cm³/mol. The molecule has 5 rings (SSSR count). The molecule has 0 radical (unpaired) electrons. The zero-order valence-corrected chi connectivity index (χ0v) is 20.0. The smallest absolute Gasteiger partial charge is 0.274 e. The highest BCUT2D eigenvalue weighted by atomic mass is 35.5. The summed E-state index contributed by atoms with van der Waals surface area (Å²) in [5.74, 6) is -0.194. The zero-order chi connectivity index (χ0) is 24.1. The molecule has 0 aliphatic heterocycles. The summed E-state index contributed by atoms with van der Waals surface area (Å²) in [5.41, 5.74) is 10.0. The van der Waals surface area contributed by atoms with Crippen molar-refractivity contribution in [3.63, 3.8) is 0 Å². The molecule has 0 spiro atoms. The van der Waals surface area contributed by atoms with E-state index in [1.165, 1.54) is 6.07 Å². The maximum absolute atomic E-state index is 14.6. The molecule has 2 N–H and O–H groups in total. The Bertz CT molecular complexity index is 1500. The number of anilines is 1. The Morgan fingerprint density at radius 2 is 1.88 bits per heavy atom. The van der Waals surface area contributed by atoms with Crippen LogP contribution in [0.2, 0.25) is 10.0 Å². The van der Waals surface area contributed by atoms with E-state index in [2.05, 4.69) is 9.97 Å². The van der Waals surface area contributed by atoms with E-state index >= 15 is 0 Å². The van der Waals surface area contributed by atoms with E-state index in [-0.39, 0.29) is 33.7 Å². The molecule has 1 fully saturated rings. The number of nitrogens with two attached hydrogens (primary N) is 1.